The second kappa shape index (κ2) is 6.28. The van der Waals surface area contributed by atoms with Crippen molar-refractivity contribution in [2.45, 2.75) is 39.3 Å². The zero-order chi connectivity index (χ0) is 15.6. The molecule has 1 aliphatic rings. The summed E-state index contributed by atoms with van der Waals surface area (Å²) in [5.41, 5.74) is 0.995. The summed E-state index contributed by atoms with van der Waals surface area (Å²) < 4.78 is 1.89. The van der Waals surface area contributed by atoms with Crippen LogP contribution in [0.1, 0.15) is 38.4 Å². The van der Waals surface area contributed by atoms with E-state index in [9.17, 15) is 9.59 Å². The van der Waals surface area contributed by atoms with Gasteiger partial charge in [0.1, 0.15) is 0 Å². The molecule has 1 aromatic rings. The maximum Gasteiger partial charge on any atom is 0.224 e. The molecule has 0 bridgehead atoms. The fourth-order valence-electron chi connectivity index (χ4n) is 2.59. The average Bonchev–Trinajstić information content (AvgIpc) is 2.85. The molecule has 2 rings (SSSR count). The highest BCUT2D eigenvalue weighted by Crippen LogP contribution is 2.24. The number of carbonyl (C=O) groups is 2. The summed E-state index contributed by atoms with van der Waals surface area (Å²) >= 11 is 0. The van der Waals surface area contributed by atoms with Crippen molar-refractivity contribution in [1.29, 1.82) is 0 Å². The fourth-order valence-corrected chi connectivity index (χ4v) is 2.59. The molecule has 1 atom stereocenters. The van der Waals surface area contributed by atoms with Crippen molar-refractivity contribution in [2.24, 2.45) is 5.92 Å². The summed E-state index contributed by atoms with van der Waals surface area (Å²) in [4.78, 5) is 27.7. The first kappa shape index (κ1) is 15.5. The SMILES string of the molecule is CC(C)CC(=O)N1Cc2ccnn2[C@H](CC(=O)N(C)C)C1. The first-order valence-electron chi connectivity index (χ1n) is 7.38. The number of hydrogen-bond acceptors (Lipinski definition) is 3. The van der Waals surface area contributed by atoms with Crippen LogP contribution in [0.15, 0.2) is 12.3 Å². The van der Waals surface area contributed by atoms with Gasteiger partial charge in [-0.2, -0.15) is 5.10 Å². The van der Waals surface area contributed by atoms with Crippen LogP contribution < -0.4 is 0 Å². The van der Waals surface area contributed by atoms with Crippen LogP contribution in [0.3, 0.4) is 0 Å². The predicted octanol–water partition coefficient (Wildman–Crippen LogP) is 1.29. The van der Waals surface area contributed by atoms with Crippen molar-refractivity contribution in [2.75, 3.05) is 20.6 Å². The van der Waals surface area contributed by atoms with Crippen molar-refractivity contribution in [1.82, 2.24) is 19.6 Å². The second-order valence-electron chi connectivity index (χ2n) is 6.29. The van der Waals surface area contributed by atoms with E-state index in [0.29, 0.717) is 31.8 Å². The normalized spacial score (nSPS) is 17.8. The summed E-state index contributed by atoms with van der Waals surface area (Å²) in [6.45, 7) is 5.22. The Morgan fingerprint density at radius 3 is 2.76 bits per heavy atom. The molecular formula is C15H24N4O2. The van der Waals surface area contributed by atoms with Crippen molar-refractivity contribution in [3.05, 3.63) is 18.0 Å². The lowest BCUT2D eigenvalue weighted by atomic mass is 10.1. The molecule has 21 heavy (non-hydrogen) atoms. The minimum atomic E-state index is -0.0743. The number of rotatable bonds is 4. The number of fused-ring (bicyclic) bond motifs is 1. The maximum atomic E-state index is 12.3. The monoisotopic (exact) mass is 292 g/mol. The zero-order valence-electron chi connectivity index (χ0n) is 13.2. The lowest BCUT2D eigenvalue weighted by molar-refractivity contribution is -0.136. The van der Waals surface area contributed by atoms with Gasteiger partial charge in [-0.3, -0.25) is 14.3 Å². The van der Waals surface area contributed by atoms with Gasteiger partial charge in [-0.05, 0) is 12.0 Å². The Morgan fingerprint density at radius 1 is 1.43 bits per heavy atom. The lowest BCUT2D eigenvalue weighted by Gasteiger charge is -2.34. The van der Waals surface area contributed by atoms with Gasteiger partial charge in [0.25, 0.3) is 0 Å². The van der Waals surface area contributed by atoms with E-state index in [1.54, 1.807) is 25.2 Å². The summed E-state index contributed by atoms with van der Waals surface area (Å²) in [6.07, 6.45) is 2.65. The Morgan fingerprint density at radius 2 is 2.14 bits per heavy atom. The number of aromatic nitrogens is 2. The van der Waals surface area contributed by atoms with E-state index in [1.165, 1.54) is 0 Å². The second-order valence-corrected chi connectivity index (χ2v) is 6.29. The van der Waals surface area contributed by atoms with Gasteiger partial charge in [0.2, 0.25) is 11.8 Å². The molecule has 6 heteroatoms. The molecule has 0 radical (unpaired) electrons. The molecule has 116 valence electrons. The summed E-state index contributed by atoms with van der Waals surface area (Å²) in [7, 11) is 3.49. The number of hydrogen-bond donors (Lipinski definition) is 0. The molecule has 0 N–H and O–H groups in total. The average molecular weight is 292 g/mol. The highest BCUT2D eigenvalue weighted by atomic mass is 16.2. The van der Waals surface area contributed by atoms with Gasteiger partial charge >= 0.3 is 0 Å². The zero-order valence-corrected chi connectivity index (χ0v) is 13.2. The molecule has 2 heterocycles. The van der Waals surface area contributed by atoms with E-state index in [0.717, 1.165) is 5.69 Å². The number of amides is 2. The van der Waals surface area contributed by atoms with Crippen molar-refractivity contribution in [3.63, 3.8) is 0 Å². The molecule has 0 unspecified atom stereocenters. The summed E-state index contributed by atoms with van der Waals surface area (Å²) in [6, 6.07) is 1.84. The molecule has 0 aliphatic carbocycles. The summed E-state index contributed by atoms with van der Waals surface area (Å²) in [5, 5.41) is 4.31. The smallest absolute Gasteiger partial charge is 0.224 e. The largest absolute Gasteiger partial charge is 0.349 e. The maximum absolute atomic E-state index is 12.3. The van der Waals surface area contributed by atoms with Crippen LogP contribution in [0.25, 0.3) is 0 Å². The van der Waals surface area contributed by atoms with E-state index in [4.69, 9.17) is 0 Å². The van der Waals surface area contributed by atoms with E-state index in [1.807, 2.05) is 29.5 Å². The molecular weight excluding hydrogens is 268 g/mol. The molecule has 6 nitrogen and oxygen atoms in total. The van der Waals surface area contributed by atoms with Gasteiger partial charge in [0.05, 0.1) is 24.7 Å². The molecule has 0 aromatic carbocycles. The standard InChI is InChI=1S/C15H24N4O2/c1-11(2)7-15(21)18-9-12-5-6-16-19(12)13(10-18)8-14(20)17(3)4/h5-6,11,13H,7-10H2,1-4H3/t13-/m1/s1. The van der Waals surface area contributed by atoms with E-state index < -0.39 is 0 Å². The molecule has 0 fully saturated rings. The van der Waals surface area contributed by atoms with Gasteiger partial charge in [-0.15, -0.1) is 0 Å². The van der Waals surface area contributed by atoms with Gasteiger partial charge in [0.15, 0.2) is 0 Å². The van der Waals surface area contributed by atoms with E-state index in [2.05, 4.69) is 5.10 Å². The predicted molar refractivity (Wildman–Crippen MR) is 79.4 cm³/mol. The first-order valence-corrected chi connectivity index (χ1v) is 7.38. The quantitative estimate of drug-likeness (QED) is 0.840. The van der Waals surface area contributed by atoms with Crippen molar-refractivity contribution < 1.29 is 9.59 Å². The van der Waals surface area contributed by atoms with Crippen LogP contribution >= 0.6 is 0 Å². The van der Waals surface area contributed by atoms with Crippen molar-refractivity contribution >= 4 is 11.8 Å². The molecule has 0 spiro atoms. The number of nitrogens with zero attached hydrogens (tertiary/aromatic N) is 4. The highest BCUT2D eigenvalue weighted by Gasteiger charge is 2.30. The van der Waals surface area contributed by atoms with Crippen LogP contribution in [0.5, 0.6) is 0 Å². The first-order chi connectivity index (χ1) is 9.88. The van der Waals surface area contributed by atoms with Gasteiger partial charge in [0, 0.05) is 33.3 Å². The number of carbonyl (C=O) groups excluding carboxylic acids is 2. The minimum absolute atomic E-state index is 0.0552. The Hall–Kier alpha value is -1.85. The molecule has 0 saturated carbocycles. The molecule has 1 aromatic heterocycles. The Kier molecular flexibility index (Phi) is 4.65. The van der Waals surface area contributed by atoms with Crippen LogP contribution in [0, 0.1) is 5.92 Å². The lowest BCUT2D eigenvalue weighted by Crippen LogP contribution is -2.43. The van der Waals surface area contributed by atoms with Crippen molar-refractivity contribution in [3.8, 4) is 0 Å². The molecule has 1 aliphatic heterocycles. The topological polar surface area (TPSA) is 58.4 Å². The van der Waals surface area contributed by atoms with Crippen LogP contribution in [-0.2, 0) is 16.1 Å². The third kappa shape index (κ3) is 3.62. The van der Waals surface area contributed by atoms with Crippen LogP contribution in [0.2, 0.25) is 0 Å². The minimum Gasteiger partial charge on any atom is -0.349 e. The Balaban J connectivity index is 2.14. The van der Waals surface area contributed by atoms with Gasteiger partial charge in [-0.25, -0.2) is 0 Å². The third-order valence-electron chi connectivity index (χ3n) is 3.73. The third-order valence-corrected chi connectivity index (χ3v) is 3.73. The Labute approximate surface area is 125 Å². The summed E-state index contributed by atoms with van der Waals surface area (Å²) in [5.74, 6) is 0.547. The van der Waals surface area contributed by atoms with Crippen LogP contribution in [-0.4, -0.2) is 52.0 Å². The fraction of sp³-hybridized carbons (Fsp3) is 0.667. The highest BCUT2D eigenvalue weighted by molar-refractivity contribution is 5.78. The van der Waals surface area contributed by atoms with Gasteiger partial charge < -0.3 is 9.80 Å². The Bertz CT molecular complexity index is 521. The van der Waals surface area contributed by atoms with E-state index >= 15 is 0 Å². The molecule has 0 saturated heterocycles. The van der Waals surface area contributed by atoms with Gasteiger partial charge in [-0.1, -0.05) is 13.8 Å². The van der Waals surface area contributed by atoms with Crippen LogP contribution in [0.4, 0.5) is 0 Å². The molecule has 2 amide bonds. The van der Waals surface area contributed by atoms with E-state index in [-0.39, 0.29) is 17.9 Å².